The second-order valence-corrected chi connectivity index (χ2v) is 17.0. The Morgan fingerprint density at radius 3 is 2.54 bits per heavy atom. The van der Waals surface area contributed by atoms with E-state index in [9.17, 15) is 24.3 Å². The molecule has 0 spiro atoms. The Balaban J connectivity index is 0.748. The van der Waals surface area contributed by atoms with Crippen molar-refractivity contribution in [2.45, 2.75) is 69.7 Å². The van der Waals surface area contributed by atoms with Crippen LogP contribution in [0.3, 0.4) is 0 Å². The van der Waals surface area contributed by atoms with Gasteiger partial charge in [0.25, 0.3) is 11.8 Å². The molecule has 2 aromatic carbocycles. The minimum absolute atomic E-state index is 0.132. The molecular formula is C42H45ClN10O6. The highest BCUT2D eigenvalue weighted by Crippen LogP contribution is 2.39. The van der Waals surface area contributed by atoms with Gasteiger partial charge in [-0.05, 0) is 75.0 Å². The molecule has 3 N–H and O–H groups in total. The summed E-state index contributed by atoms with van der Waals surface area (Å²) >= 11 is 6.07. The van der Waals surface area contributed by atoms with E-state index in [4.69, 9.17) is 21.4 Å². The molecule has 4 fully saturated rings. The van der Waals surface area contributed by atoms with Gasteiger partial charge in [-0.15, -0.1) is 0 Å². The van der Waals surface area contributed by atoms with Gasteiger partial charge in [-0.25, -0.2) is 9.50 Å². The quantitative estimate of drug-likeness (QED) is 0.168. The number of piperidine rings is 3. The molecule has 59 heavy (non-hydrogen) atoms. The Kier molecular flexibility index (Phi) is 9.72. The zero-order chi connectivity index (χ0) is 40.4. The number of hydrogen-bond acceptors (Lipinski definition) is 11. The van der Waals surface area contributed by atoms with Crippen LogP contribution in [0.25, 0.3) is 16.6 Å². The standard InChI is InChI=1S/C42H45ClN10O6/c43-27-18-44-38-32(19-45-52(38)22-27)39(55)46-34-15-26-21-51(48-33(26)17-36(34)59-23-25-1-2-25)28-9-11-49(12-10-28)20-24-7-13-50(14-8-24)29-3-4-30-31(16-29)42(58)53(41(30)57)35-5-6-37(54)47-40(35)56/h3-4,15-19,21-22,24-25,28,35,41,57H,1-2,5-14,20,23H2,(H,46,55)(H,47,54,56). The van der Waals surface area contributed by atoms with Crippen LogP contribution < -0.4 is 20.3 Å². The van der Waals surface area contributed by atoms with Crippen molar-refractivity contribution in [2.24, 2.45) is 11.8 Å². The maximum atomic E-state index is 13.5. The molecule has 10 rings (SSSR count). The number of amides is 4. The molecule has 5 aliphatic rings. The van der Waals surface area contributed by atoms with Crippen molar-refractivity contribution in [3.05, 3.63) is 76.8 Å². The molecule has 17 heteroatoms. The van der Waals surface area contributed by atoms with Crippen molar-refractivity contribution in [3.63, 3.8) is 0 Å². The summed E-state index contributed by atoms with van der Waals surface area (Å²) in [4.78, 5) is 61.5. The van der Waals surface area contributed by atoms with Crippen molar-refractivity contribution in [1.82, 2.24) is 39.5 Å². The number of anilines is 2. The lowest BCUT2D eigenvalue weighted by Crippen LogP contribution is -2.53. The van der Waals surface area contributed by atoms with Gasteiger partial charge in [0.15, 0.2) is 11.9 Å². The number of ether oxygens (including phenoxy) is 1. The van der Waals surface area contributed by atoms with Gasteiger partial charge in [-0.3, -0.25) is 34.1 Å². The van der Waals surface area contributed by atoms with Crippen molar-refractivity contribution >= 4 is 63.2 Å². The number of aliphatic hydroxyl groups is 1. The number of nitrogens with one attached hydrogen (secondary N) is 2. The topological polar surface area (TPSA) is 180 Å². The number of likely N-dealkylation sites (tertiary alicyclic amines) is 1. The summed E-state index contributed by atoms with van der Waals surface area (Å²) in [5.41, 5.74) is 3.99. The zero-order valence-electron chi connectivity index (χ0n) is 32.4. The van der Waals surface area contributed by atoms with Crippen molar-refractivity contribution in [1.29, 1.82) is 0 Å². The Labute approximate surface area is 344 Å². The van der Waals surface area contributed by atoms with Gasteiger partial charge in [-0.2, -0.15) is 10.2 Å². The van der Waals surface area contributed by atoms with E-state index in [1.165, 1.54) is 21.8 Å². The number of carbonyl (C=O) groups is 4. The molecule has 3 saturated heterocycles. The van der Waals surface area contributed by atoms with Gasteiger partial charge in [-0.1, -0.05) is 17.7 Å². The van der Waals surface area contributed by atoms with Gasteiger partial charge >= 0.3 is 0 Å². The number of aliphatic hydroxyl groups excluding tert-OH is 1. The number of benzene rings is 2. The molecule has 7 heterocycles. The second-order valence-electron chi connectivity index (χ2n) is 16.6. The van der Waals surface area contributed by atoms with Crippen LogP contribution in [-0.4, -0.2) is 108 Å². The van der Waals surface area contributed by atoms with Gasteiger partial charge < -0.3 is 25.0 Å². The van der Waals surface area contributed by atoms with E-state index in [2.05, 4.69) is 41.4 Å². The van der Waals surface area contributed by atoms with E-state index in [1.807, 2.05) is 24.3 Å². The van der Waals surface area contributed by atoms with Crippen LogP contribution in [0.5, 0.6) is 5.75 Å². The molecule has 0 bridgehead atoms. The highest BCUT2D eigenvalue weighted by Gasteiger charge is 2.44. The van der Waals surface area contributed by atoms with E-state index in [-0.39, 0.29) is 36.6 Å². The van der Waals surface area contributed by atoms with Crippen LogP contribution >= 0.6 is 11.6 Å². The van der Waals surface area contributed by atoms with E-state index in [0.717, 1.165) is 87.8 Å². The molecule has 4 amide bonds. The molecule has 4 aliphatic heterocycles. The Hall–Kier alpha value is -5.58. The molecule has 16 nitrogen and oxygen atoms in total. The van der Waals surface area contributed by atoms with E-state index in [1.54, 1.807) is 12.3 Å². The summed E-state index contributed by atoms with van der Waals surface area (Å²) in [6.07, 6.45) is 12.1. The predicted molar refractivity (Wildman–Crippen MR) is 217 cm³/mol. The summed E-state index contributed by atoms with van der Waals surface area (Å²) in [5.74, 6) is 0.0640. The average Bonchev–Trinajstić information content (AvgIpc) is 3.74. The molecule has 5 aromatic rings. The number of fused-ring (bicyclic) bond motifs is 3. The number of imide groups is 1. The number of hydrogen-bond donors (Lipinski definition) is 3. The maximum absolute atomic E-state index is 13.5. The number of halogens is 1. The van der Waals surface area contributed by atoms with Gasteiger partial charge in [0.2, 0.25) is 11.8 Å². The van der Waals surface area contributed by atoms with Crippen LogP contribution in [0, 0.1) is 11.8 Å². The fourth-order valence-corrected chi connectivity index (χ4v) is 9.23. The maximum Gasteiger partial charge on any atom is 0.261 e. The lowest BCUT2D eigenvalue weighted by atomic mass is 9.94. The van der Waals surface area contributed by atoms with Gasteiger partial charge in [0, 0.05) is 79.8 Å². The van der Waals surface area contributed by atoms with Gasteiger partial charge in [0.1, 0.15) is 17.4 Å². The van der Waals surface area contributed by atoms with Crippen molar-refractivity contribution < 1.29 is 29.0 Å². The molecule has 2 atom stereocenters. The largest absolute Gasteiger partial charge is 0.491 e. The molecule has 2 unspecified atom stereocenters. The molecule has 306 valence electrons. The van der Waals surface area contributed by atoms with Crippen LogP contribution in [0.1, 0.15) is 89.9 Å². The Morgan fingerprint density at radius 2 is 1.76 bits per heavy atom. The summed E-state index contributed by atoms with van der Waals surface area (Å²) in [6, 6.07) is 8.84. The molecule has 1 aliphatic carbocycles. The lowest BCUT2D eigenvalue weighted by molar-refractivity contribution is -0.139. The molecular weight excluding hydrogens is 776 g/mol. The first-order valence-corrected chi connectivity index (χ1v) is 20.9. The smallest absolute Gasteiger partial charge is 0.261 e. The van der Waals surface area contributed by atoms with Crippen LogP contribution in [-0.2, 0) is 9.59 Å². The van der Waals surface area contributed by atoms with Crippen LogP contribution in [0.15, 0.2) is 55.1 Å². The molecule has 3 aromatic heterocycles. The lowest BCUT2D eigenvalue weighted by Gasteiger charge is -2.38. The zero-order valence-corrected chi connectivity index (χ0v) is 33.2. The monoisotopic (exact) mass is 820 g/mol. The third kappa shape index (κ3) is 7.38. The van der Waals surface area contributed by atoms with Crippen LogP contribution in [0.4, 0.5) is 11.4 Å². The predicted octanol–water partition coefficient (Wildman–Crippen LogP) is 4.58. The minimum Gasteiger partial charge on any atom is -0.491 e. The molecule has 0 radical (unpaired) electrons. The number of aromatic nitrogens is 5. The first-order chi connectivity index (χ1) is 28.6. The minimum atomic E-state index is -1.22. The highest BCUT2D eigenvalue weighted by molar-refractivity contribution is 6.30. The fourth-order valence-electron chi connectivity index (χ4n) is 9.09. The Morgan fingerprint density at radius 1 is 0.949 bits per heavy atom. The van der Waals surface area contributed by atoms with E-state index in [0.29, 0.717) is 57.2 Å². The van der Waals surface area contributed by atoms with Gasteiger partial charge in [0.05, 0.1) is 41.3 Å². The van der Waals surface area contributed by atoms with Crippen molar-refractivity contribution in [3.8, 4) is 5.75 Å². The number of carbonyl (C=O) groups excluding carboxylic acids is 4. The summed E-state index contributed by atoms with van der Waals surface area (Å²) in [7, 11) is 0. The normalized spacial score (nSPS) is 22.0. The first kappa shape index (κ1) is 37.7. The van der Waals surface area contributed by atoms with Crippen LogP contribution in [0.2, 0.25) is 5.02 Å². The first-order valence-electron chi connectivity index (χ1n) is 20.6. The number of rotatable bonds is 10. The third-order valence-corrected chi connectivity index (χ3v) is 12.8. The third-order valence-electron chi connectivity index (χ3n) is 12.6. The average molecular weight is 821 g/mol. The molecule has 1 saturated carbocycles. The fraction of sp³-hybridized carbons (Fsp3) is 0.452. The highest BCUT2D eigenvalue weighted by atomic mass is 35.5. The van der Waals surface area contributed by atoms with E-state index >= 15 is 0 Å². The van der Waals surface area contributed by atoms with Crippen molar-refractivity contribution in [2.75, 3.05) is 49.5 Å². The summed E-state index contributed by atoms with van der Waals surface area (Å²) < 4.78 is 9.82. The Bertz CT molecular complexity index is 2480. The SMILES string of the molecule is O=C1CCC(N2C(=O)c3cc(N4CCC(CN5CCC(n6cc7cc(NC(=O)c8cnn9cc(Cl)cnc89)c(OCC8CC8)cc7n6)CC5)CC4)ccc3C2O)C(=O)N1. The van der Waals surface area contributed by atoms with E-state index < -0.39 is 18.2 Å². The number of nitrogens with zero attached hydrogens (tertiary/aromatic N) is 8. The summed E-state index contributed by atoms with van der Waals surface area (Å²) in [5, 5.41) is 26.9. The second kappa shape index (κ2) is 15.2. The summed E-state index contributed by atoms with van der Waals surface area (Å²) in [6.45, 7) is 5.33.